The summed E-state index contributed by atoms with van der Waals surface area (Å²) in [6.45, 7) is 1.93. The first-order valence-corrected chi connectivity index (χ1v) is 5.23. The molecule has 1 rings (SSSR count). The molecule has 3 atom stereocenters. The van der Waals surface area contributed by atoms with Crippen molar-refractivity contribution in [3.8, 4) is 0 Å². The highest BCUT2D eigenvalue weighted by Gasteiger charge is 2.40. The normalized spacial score (nSPS) is 24.6. The number of carboxylic acids is 1. The van der Waals surface area contributed by atoms with E-state index in [9.17, 15) is 14.4 Å². The van der Waals surface area contributed by atoms with E-state index in [0.29, 0.717) is 5.92 Å². The molecule has 0 heterocycles. The van der Waals surface area contributed by atoms with Crippen LogP contribution in [-0.4, -0.2) is 28.9 Å². The average Bonchev–Trinajstić information content (AvgIpc) is 2.88. The van der Waals surface area contributed by atoms with Crippen LogP contribution >= 0.6 is 0 Å². The summed E-state index contributed by atoms with van der Waals surface area (Å²) in [6, 6.07) is -1.02. The van der Waals surface area contributed by atoms with Crippen LogP contribution in [0, 0.1) is 11.8 Å². The van der Waals surface area contributed by atoms with Crippen molar-refractivity contribution in [2.75, 3.05) is 0 Å². The van der Waals surface area contributed by atoms with E-state index in [4.69, 9.17) is 10.8 Å². The molecule has 0 radical (unpaired) electrons. The number of carbonyl (C=O) groups excluding carboxylic acids is 2. The minimum atomic E-state index is -1.14. The van der Waals surface area contributed by atoms with Gasteiger partial charge in [0.05, 0.1) is 0 Å². The Balaban J connectivity index is 2.41. The van der Waals surface area contributed by atoms with Gasteiger partial charge < -0.3 is 16.2 Å². The zero-order chi connectivity index (χ0) is 12.3. The van der Waals surface area contributed by atoms with Gasteiger partial charge in [0.1, 0.15) is 6.04 Å². The molecule has 1 fully saturated rings. The number of nitrogens with one attached hydrogen (secondary N) is 1. The van der Waals surface area contributed by atoms with Crippen LogP contribution in [0.5, 0.6) is 0 Å². The molecule has 2 unspecified atom stereocenters. The molecule has 0 aromatic rings. The minimum Gasteiger partial charge on any atom is -0.480 e. The Labute approximate surface area is 93.2 Å². The Morgan fingerprint density at radius 3 is 2.44 bits per heavy atom. The van der Waals surface area contributed by atoms with Gasteiger partial charge in [-0.3, -0.25) is 9.59 Å². The lowest BCUT2D eigenvalue weighted by molar-refractivity contribution is -0.142. The summed E-state index contributed by atoms with van der Waals surface area (Å²) in [5.41, 5.74) is 4.92. The molecule has 0 aromatic heterocycles. The number of amides is 2. The van der Waals surface area contributed by atoms with Gasteiger partial charge >= 0.3 is 5.97 Å². The van der Waals surface area contributed by atoms with Gasteiger partial charge in [-0.1, -0.05) is 6.92 Å². The lowest BCUT2D eigenvalue weighted by atomic mass is 10.1. The van der Waals surface area contributed by atoms with Gasteiger partial charge in [-0.05, 0) is 18.8 Å². The van der Waals surface area contributed by atoms with Gasteiger partial charge in [0, 0.05) is 12.3 Å². The molecule has 0 aromatic carbocycles. The first-order valence-electron chi connectivity index (χ1n) is 5.23. The van der Waals surface area contributed by atoms with E-state index in [2.05, 4.69) is 5.32 Å². The number of carboxylic acid groups (broad SMARTS) is 1. The van der Waals surface area contributed by atoms with E-state index in [1.165, 1.54) is 0 Å². The van der Waals surface area contributed by atoms with Crippen molar-refractivity contribution in [1.29, 1.82) is 0 Å². The predicted molar refractivity (Wildman–Crippen MR) is 55.3 cm³/mol. The highest BCUT2D eigenvalue weighted by Crippen LogP contribution is 2.37. The number of rotatable bonds is 6. The SMILES string of the molecule is CC1CC1C(=O)N[C@@H](CCC(N)=O)C(=O)O. The lowest BCUT2D eigenvalue weighted by Gasteiger charge is -2.13. The quantitative estimate of drug-likeness (QED) is 0.568. The highest BCUT2D eigenvalue weighted by molar-refractivity contribution is 5.87. The van der Waals surface area contributed by atoms with Crippen molar-refractivity contribution in [1.82, 2.24) is 5.32 Å². The van der Waals surface area contributed by atoms with Crippen LogP contribution in [0.4, 0.5) is 0 Å². The Morgan fingerprint density at radius 2 is 2.06 bits per heavy atom. The molecule has 4 N–H and O–H groups in total. The van der Waals surface area contributed by atoms with Gasteiger partial charge in [-0.2, -0.15) is 0 Å². The second-order valence-electron chi connectivity index (χ2n) is 4.22. The molecule has 0 saturated heterocycles. The van der Waals surface area contributed by atoms with Crippen molar-refractivity contribution < 1.29 is 19.5 Å². The van der Waals surface area contributed by atoms with Crippen molar-refractivity contribution in [3.63, 3.8) is 0 Å². The topological polar surface area (TPSA) is 109 Å². The molecule has 2 amide bonds. The number of primary amides is 1. The smallest absolute Gasteiger partial charge is 0.326 e. The maximum Gasteiger partial charge on any atom is 0.326 e. The van der Waals surface area contributed by atoms with Crippen molar-refractivity contribution in [2.24, 2.45) is 17.6 Å². The Kier molecular flexibility index (Phi) is 3.87. The minimum absolute atomic E-state index is 0.0392. The Hall–Kier alpha value is -1.59. The maximum atomic E-state index is 11.5. The molecular weight excluding hydrogens is 212 g/mol. The summed E-state index contributed by atoms with van der Waals surface area (Å²) in [5, 5.41) is 11.3. The number of carbonyl (C=O) groups is 3. The fourth-order valence-electron chi connectivity index (χ4n) is 1.51. The molecule has 90 valence electrons. The van der Waals surface area contributed by atoms with Crippen molar-refractivity contribution >= 4 is 17.8 Å². The van der Waals surface area contributed by atoms with Gasteiger partial charge in [0.25, 0.3) is 0 Å². The summed E-state index contributed by atoms with van der Waals surface area (Å²) in [4.78, 5) is 32.8. The summed E-state index contributed by atoms with van der Waals surface area (Å²) in [5.74, 6) is -1.70. The molecule has 1 aliphatic rings. The molecule has 1 aliphatic carbocycles. The molecule has 6 heteroatoms. The molecule has 6 nitrogen and oxygen atoms in total. The molecule has 16 heavy (non-hydrogen) atoms. The van der Waals surface area contributed by atoms with Crippen LogP contribution < -0.4 is 11.1 Å². The Morgan fingerprint density at radius 1 is 1.50 bits per heavy atom. The zero-order valence-corrected chi connectivity index (χ0v) is 9.10. The van der Waals surface area contributed by atoms with E-state index >= 15 is 0 Å². The Bertz CT molecular complexity index is 316. The van der Waals surface area contributed by atoms with Crippen LogP contribution in [0.25, 0.3) is 0 Å². The van der Waals surface area contributed by atoms with E-state index < -0.39 is 17.9 Å². The van der Waals surface area contributed by atoms with Crippen molar-refractivity contribution in [2.45, 2.75) is 32.2 Å². The first kappa shape index (κ1) is 12.5. The largest absolute Gasteiger partial charge is 0.480 e. The maximum absolute atomic E-state index is 11.5. The second-order valence-corrected chi connectivity index (χ2v) is 4.22. The number of nitrogens with two attached hydrogens (primary N) is 1. The molecule has 0 aliphatic heterocycles. The lowest BCUT2D eigenvalue weighted by Crippen LogP contribution is -2.42. The molecule has 0 spiro atoms. The summed E-state index contributed by atoms with van der Waals surface area (Å²) < 4.78 is 0. The first-order chi connectivity index (χ1) is 7.41. The molecule has 0 bridgehead atoms. The van der Waals surface area contributed by atoms with E-state index in [1.807, 2.05) is 6.92 Å². The standard InChI is InChI=1S/C10H16N2O4/c1-5-4-6(5)9(14)12-7(10(15)16)2-3-8(11)13/h5-7H,2-4H2,1H3,(H2,11,13)(H,12,14)(H,15,16)/t5?,6?,7-/m0/s1. The van der Waals surface area contributed by atoms with Gasteiger partial charge in [-0.25, -0.2) is 4.79 Å². The van der Waals surface area contributed by atoms with Gasteiger partial charge in [0.15, 0.2) is 0 Å². The zero-order valence-electron chi connectivity index (χ0n) is 9.10. The highest BCUT2D eigenvalue weighted by atomic mass is 16.4. The van der Waals surface area contributed by atoms with Crippen LogP contribution in [0.2, 0.25) is 0 Å². The van der Waals surface area contributed by atoms with Crippen LogP contribution in [0.1, 0.15) is 26.2 Å². The third kappa shape index (κ3) is 3.52. The number of hydrogen-bond acceptors (Lipinski definition) is 3. The average molecular weight is 228 g/mol. The van der Waals surface area contributed by atoms with Gasteiger partial charge in [-0.15, -0.1) is 0 Å². The summed E-state index contributed by atoms with van der Waals surface area (Å²) in [7, 11) is 0. The fraction of sp³-hybridized carbons (Fsp3) is 0.700. The third-order valence-corrected chi connectivity index (χ3v) is 2.74. The van der Waals surface area contributed by atoms with E-state index in [1.54, 1.807) is 0 Å². The van der Waals surface area contributed by atoms with Crippen LogP contribution in [0.3, 0.4) is 0 Å². The van der Waals surface area contributed by atoms with E-state index in [-0.39, 0.29) is 24.7 Å². The van der Waals surface area contributed by atoms with Crippen molar-refractivity contribution in [3.05, 3.63) is 0 Å². The fourth-order valence-corrected chi connectivity index (χ4v) is 1.51. The number of hydrogen-bond donors (Lipinski definition) is 3. The van der Waals surface area contributed by atoms with E-state index in [0.717, 1.165) is 6.42 Å². The molecule has 1 saturated carbocycles. The van der Waals surface area contributed by atoms with Gasteiger partial charge in [0.2, 0.25) is 11.8 Å². The van der Waals surface area contributed by atoms with Crippen LogP contribution in [-0.2, 0) is 14.4 Å². The predicted octanol–water partition coefficient (Wildman–Crippen LogP) is -0.523. The third-order valence-electron chi connectivity index (χ3n) is 2.74. The number of aliphatic carboxylic acids is 1. The van der Waals surface area contributed by atoms with Crippen LogP contribution in [0.15, 0.2) is 0 Å². The summed E-state index contributed by atoms with van der Waals surface area (Å²) in [6.07, 6.45) is 0.795. The second kappa shape index (κ2) is 4.96. The monoisotopic (exact) mass is 228 g/mol. The summed E-state index contributed by atoms with van der Waals surface area (Å²) >= 11 is 0. The molecular formula is C10H16N2O4.